The molecule has 162 valence electrons. The zero-order valence-electron chi connectivity index (χ0n) is 17.7. The molecule has 0 saturated carbocycles. The molecule has 0 unspecified atom stereocenters. The molecule has 8 heteroatoms. The van der Waals surface area contributed by atoms with E-state index in [1.165, 1.54) is 4.31 Å². The molecule has 0 fully saturated rings. The minimum Gasteiger partial charge on any atom is -0.249 e. The Hall–Kier alpha value is -3.16. The van der Waals surface area contributed by atoms with Crippen molar-refractivity contribution in [3.05, 3.63) is 88.7 Å². The van der Waals surface area contributed by atoms with E-state index in [9.17, 15) is 8.42 Å². The zero-order valence-corrected chi connectivity index (χ0v) is 19.2. The third-order valence-electron chi connectivity index (χ3n) is 5.76. The van der Waals surface area contributed by atoms with Crippen LogP contribution >= 0.6 is 11.6 Å². The Labute approximate surface area is 192 Å². The van der Waals surface area contributed by atoms with E-state index in [0.717, 1.165) is 28.2 Å². The molecule has 2 aromatic heterocycles. The third-order valence-corrected chi connectivity index (χ3v) is 7.82. The predicted molar refractivity (Wildman–Crippen MR) is 126 cm³/mol. The van der Waals surface area contributed by atoms with Gasteiger partial charge in [0.2, 0.25) is 0 Å². The first-order chi connectivity index (χ1) is 15.4. The predicted octanol–water partition coefficient (Wildman–Crippen LogP) is 4.96. The van der Waals surface area contributed by atoms with Crippen molar-refractivity contribution in [2.24, 2.45) is 0 Å². The number of rotatable bonds is 3. The van der Waals surface area contributed by atoms with Crippen LogP contribution in [0.3, 0.4) is 0 Å². The first kappa shape index (κ1) is 20.7. The molecule has 4 aromatic rings. The molecule has 1 aliphatic rings. The van der Waals surface area contributed by atoms with E-state index in [2.05, 4.69) is 4.98 Å². The number of hydrogen-bond acceptors (Lipinski definition) is 4. The molecule has 0 spiro atoms. The number of hydrogen-bond donors (Lipinski definition) is 0. The van der Waals surface area contributed by atoms with E-state index >= 15 is 0 Å². The molecule has 0 aliphatic carbocycles. The van der Waals surface area contributed by atoms with Crippen LogP contribution in [0.4, 0.5) is 5.82 Å². The number of fused-ring (bicyclic) bond motifs is 3. The van der Waals surface area contributed by atoms with Gasteiger partial charge in [0.05, 0.1) is 10.6 Å². The average Bonchev–Trinajstić information content (AvgIpc) is 3.01. The molecular formula is C24H21ClN4O2S. The highest BCUT2D eigenvalue weighted by Crippen LogP contribution is 2.38. The van der Waals surface area contributed by atoms with Crippen molar-refractivity contribution in [2.75, 3.05) is 10.8 Å². The first-order valence-corrected chi connectivity index (χ1v) is 12.1. The number of anilines is 1. The van der Waals surface area contributed by atoms with Crippen molar-refractivity contribution in [2.45, 2.75) is 25.2 Å². The second-order valence-electron chi connectivity index (χ2n) is 7.82. The van der Waals surface area contributed by atoms with Crippen LogP contribution in [0.1, 0.15) is 16.8 Å². The second kappa shape index (κ2) is 7.76. The largest absolute Gasteiger partial charge is 0.265 e. The lowest BCUT2D eigenvalue weighted by atomic mass is 10.1. The van der Waals surface area contributed by atoms with Gasteiger partial charge in [-0.05, 0) is 68.8 Å². The number of sulfonamides is 1. The molecular weight excluding hydrogens is 444 g/mol. The monoisotopic (exact) mass is 464 g/mol. The zero-order chi connectivity index (χ0) is 22.5. The normalized spacial score (nSPS) is 13.4. The van der Waals surface area contributed by atoms with Crippen molar-refractivity contribution < 1.29 is 8.42 Å². The van der Waals surface area contributed by atoms with Gasteiger partial charge in [0.15, 0.2) is 5.82 Å². The van der Waals surface area contributed by atoms with Gasteiger partial charge in [-0.25, -0.2) is 22.4 Å². The minimum atomic E-state index is -3.77. The molecule has 0 radical (unpaired) electrons. The Balaban J connectivity index is 1.65. The summed E-state index contributed by atoms with van der Waals surface area (Å²) in [6.07, 6.45) is 2.14. The summed E-state index contributed by atoms with van der Waals surface area (Å²) in [7, 11) is -3.77. The molecule has 0 N–H and O–H groups in total. The highest BCUT2D eigenvalue weighted by Gasteiger charge is 2.33. The van der Waals surface area contributed by atoms with Crippen LogP contribution in [0.2, 0.25) is 5.02 Å². The lowest BCUT2D eigenvalue weighted by Gasteiger charge is -2.23. The Bertz CT molecular complexity index is 1410. The topological polar surface area (TPSA) is 68.1 Å². The smallest absolute Gasteiger partial charge is 0.249 e. The summed E-state index contributed by atoms with van der Waals surface area (Å²) in [5, 5.41) is 5.52. The van der Waals surface area contributed by atoms with Crippen molar-refractivity contribution in [1.82, 2.24) is 14.8 Å². The van der Waals surface area contributed by atoms with Gasteiger partial charge in [0.25, 0.3) is 10.0 Å². The highest BCUT2D eigenvalue weighted by atomic mass is 35.5. The van der Waals surface area contributed by atoms with Gasteiger partial charge in [-0.2, -0.15) is 5.10 Å². The average molecular weight is 465 g/mol. The minimum absolute atomic E-state index is 0.252. The summed E-state index contributed by atoms with van der Waals surface area (Å²) in [4.78, 5) is 4.72. The molecule has 0 amide bonds. The van der Waals surface area contributed by atoms with Crippen LogP contribution < -0.4 is 4.31 Å². The van der Waals surface area contributed by atoms with Crippen molar-refractivity contribution in [1.29, 1.82) is 0 Å². The standard InChI is InChI=1S/C24H21ClN4O2S/c1-16-5-11-20(12-6-16)32(30,31)28-15-13-21-17(2)29(19-9-7-18(25)8-10-19)27-23(21)22-4-3-14-26-24(22)28/h3-12,14H,13,15H2,1-2H3. The van der Waals surface area contributed by atoms with Crippen LogP contribution in [0.5, 0.6) is 0 Å². The van der Waals surface area contributed by atoms with Crippen molar-refractivity contribution >= 4 is 27.4 Å². The highest BCUT2D eigenvalue weighted by molar-refractivity contribution is 7.92. The van der Waals surface area contributed by atoms with Gasteiger partial charge in [0.1, 0.15) is 5.69 Å². The van der Waals surface area contributed by atoms with E-state index < -0.39 is 10.0 Å². The number of nitrogens with zero attached hydrogens (tertiary/aromatic N) is 4. The Morgan fingerprint density at radius 2 is 1.69 bits per heavy atom. The number of benzene rings is 2. The van der Waals surface area contributed by atoms with Gasteiger partial charge < -0.3 is 0 Å². The summed E-state index contributed by atoms with van der Waals surface area (Å²) in [6, 6.07) is 18.1. The van der Waals surface area contributed by atoms with Crippen LogP contribution in [-0.2, 0) is 16.4 Å². The Kier molecular flexibility index (Phi) is 5.03. The summed E-state index contributed by atoms with van der Waals surface area (Å²) < 4.78 is 30.4. The van der Waals surface area contributed by atoms with Gasteiger partial charge in [-0.15, -0.1) is 0 Å². The van der Waals surface area contributed by atoms with E-state index in [1.54, 1.807) is 36.5 Å². The van der Waals surface area contributed by atoms with Crippen LogP contribution in [0.25, 0.3) is 16.9 Å². The van der Waals surface area contributed by atoms with Crippen LogP contribution in [0.15, 0.2) is 71.8 Å². The van der Waals surface area contributed by atoms with Gasteiger partial charge in [-0.1, -0.05) is 29.3 Å². The molecule has 5 rings (SSSR count). The fraction of sp³-hybridized carbons (Fsp3) is 0.167. The molecule has 6 nitrogen and oxygen atoms in total. The maximum absolute atomic E-state index is 13.5. The maximum atomic E-state index is 13.5. The van der Waals surface area contributed by atoms with Gasteiger partial charge in [-0.3, -0.25) is 0 Å². The second-order valence-corrected chi connectivity index (χ2v) is 10.1. The fourth-order valence-corrected chi connectivity index (χ4v) is 5.62. The summed E-state index contributed by atoms with van der Waals surface area (Å²) in [5.41, 5.74) is 5.33. The van der Waals surface area contributed by atoms with Crippen LogP contribution in [-0.4, -0.2) is 29.7 Å². The number of pyridine rings is 1. The van der Waals surface area contributed by atoms with E-state index in [4.69, 9.17) is 16.7 Å². The molecule has 0 saturated heterocycles. The summed E-state index contributed by atoms with van der Waals surface area (Å²) in [6.45, 7) is 4.21. The van der Waals surface area contributed by atoms with Crippen molar-refractivity contribution in [3.8, 4) is 16.9 Å². The number of halogens is 1. The Morgan fingerprint density at radius 3 is 2.41 bits per heavy atom. The van der Waals surface area contributed by atoms with E-state index in [1.807, 2.05) is 48.9 Å². The lowest BCUT2D eigenvalue weighted by molar-refractivity contribution is 0.590. The van der Waals surface area contributed by atoms with Crippen molar-refractivity contribution in [3.63, 3.8) is 0 Å². The molecule has 0 atom stereocenters. The maximum Gasteiger partial charge on any atom is 0.265 e. The lowest BCUT2D eigenvalue weighted by Crippen LogP contribution is -2.33. The molecule has 0 bridgehead atoms. The quantitative estimate of drug-likeness (QED) is 0.430. The SMILES string of the molecule is Cc1ccc(S(=O)(=O)N2CCc3c(nn(-c4ccc(Cl)cc4)c3C)-c3cccnc32)cc1. The number of aryl methyl sites for hydroxylation is 1. The van der Waals surface area contributed by atoms with Gasteiger partial charge in [0, 0.05) is 34.6 Å². The molecule has 2 aromatic carbocycles. The summed E-state index contributed by atoms with van der Waals surface area (Å²) in [5.74, 6) is 0.396. The van der Waals surface area contributed by atoms with Gasteiger partial charge >= 0.3 is 0 Å². The molecule has 32 heavy (non-hydrogen) atoms. The summed E-state index contributed by atoms with van der Waals surface area (Å²) >= 11 is 6.05. The Morgan fingerprint density at radius 1 is 0.969 bits per heavy atom. The molecule has 3 heterocycles. The van der Waals surface area contributed by atoms with E-state index in [0.29, 0.717) is 22.8 Å². The first-order valence-electron chi connectivity index (χ1n) is 10.3. The molecule has 1 aliphatic heterocycles. The third kappa shape index (κ3) is 3.38. The van der Waals surface area contributed by atoms with Crippen LogP contribution in [0, 0.1) is 13.8 Å². The van der Waals surface area contributed by atoms with E-state index in [-0.39, 0.29) is 11.4 Å². The fourth-order valence-electron chi connectivity index (χ4n) is 4.06. The number of aromatic nitrogens is 3.